The molecule has 4 rings (SSSR count). The fourth-order valence-corrected chi connectivity index (χ4v) is 4.70. The summed E-state index contributed by atoms with van der Waals surface area (Å²) < 4.78 is 14.8. The van der Waals surface area contributed by atoms with Crippen LogP contribution in [-0.2, 0) is 16.5 Å². The van der Waals surface area contributed by atoms with Crippen LogP contribution in [0.2, 0.25) is 0 Å². The van der Waals surface area contributed by atoms with Gasteiger partial charge in [-0.1, -0.05) is 0 Å². The van der Waals surface area contributed by atoms with E-state index in [0.717, 1.165) is 29.7 Å². The van der Waals surface area contributed by atoms with E-state index < -0.39 is 17.3 Å². The summed E-state index contributed by atoms with van der Waals surface area (Å²) in [5, 5.41) is 8.95. The molecule has 0 aliphatic carbocycles. The second-order valence-electron chi connectivity index (χ2n) is 12.4. The number of ether oxygens (including phenoxy) is 2. The zero-order valence-corrected chi connectivity index (χ0v) is 24.6. The average Bonchev–Trinajstić information content (AvgIpc) is 3.42. The number of aryl methyl sites for hydroxylation is 1. The van der Waals surface area contributed by atoms with Gasteiger partial charge in [-0.05, 0) is 68.2 Å². The van der Waals surface area contributed by atoms with E-state index in [4.69, 9.17) is 14.5 Å². The van der Waals surface area contributed by atoms with Gasteiger partial charge in [-0.3, -0.25) is 9.58 Å². The van der Waals surface area contributed by atoms with Gasteiger partial charge < -0.3 is 14.4 Å². The Kier molecular flexibility index (Phi) is 7.64. The largest absolute Gasteiger partial charge is 0.444 e. The van der Waals surface area contributed by atoms with Crippen LogP contribution in [0.4, 0.5) is 15.4 Å². The van der Waals surface area contributed by atoms with E-state index in [2.05, 4.69) is 10.2 Å². The van der Waals surface area contributed by atoms with E-state index in [1.54, 1.807) is 31.4 Å². The molecule has 1 saturated heterocycles. The molecular weight excluding hydrogens is 498 g/mol. The fourth-order valence-electron chi connectivity index (χ4n) is 4.70. The molecule has 0 spiro atoms. The van der Waals surface area contributed by atoms with E-state index >= 15 is 0 Å². The van der Waals surface area contributed by atoms with E-state index in [1.165, 1.54) is 0 Å². The predicted molar refractivity (Wildman–Crippen MR) is 149 cm³/mol. The Morgan fingerprint density at radius 1 is 1.05 bits per heavy atom. The maximum absolute atomic E-state index is 13.4. The first kappa shape index (κ1) is 28.4. The minimum atomic E-state index is -0.665. The SMILES string of the molecule is CC(C)N(C(=O)OC(C)(C)C)c1cc(C2CCCN(C(=O)OC(C)(C)C)C2)nc2c(-c3cnn(C)c3)cnn12. The Hall–Kier alpha value is -3.63. The van der Waals surface area contributed by atoms with Gasteiger partial charge >= 0.3 is 12.2 Å². The number of anilines is 1. The molecule has 0 aromatic carbocycles. The maximum Gasteiger partial charge on any atom is 0.416 e. The molecule has 1 aliphatic heterocycles. The minimum Gasteiger partial charge on any atom is -0.444 e. The van der Waals surface area contributed by atoms with Crippen LogP contribution in [0.25, 0.3) is 16.8 Å². The second kappa shape index (κ2) is 10.5. The number of aromatic nitrogens is 5. The van der Waals surface area contributed by atoms with Crippen LogP contribution in [-0.4, -0.2) is 71.8 Å². The van der Waals surface area contributed by atoms with Crippen molar-refractivity contribution in [2.24, 2.45) is 7.05 Å². The first-order valence-corrected chi connectivity index (χ1v) is 13.5. The lowest BCUT2D eigenvalue weighted by Gasteiger charge is -2.34. The predicted octanol–water partition coefficient (Wildman–Crippen LogP) is 5.39. The first-order chi connectivity index (χ1) is 18.1. The number of fused-ring (bicyclic) bond motifs is 1. The molecule has 11 heteroatoms. The fraction of sp³-hybridized carbons (Fsp3) is 0.607. The summed E-state index contributed by atoms with van der Waals surface area (Å²) in [5.41, 5.74) is 1.83. The Morgan fingerprint density at radius 2 is 1.74 bits per heavy atom. The van der Waals surface area contributed by atoms with E-state index in [0.29, 0.717) is 24.6 Å². The van der Waals surface area contributed by atoms with Crippen molar-refractivity contribution in [1.29, 1.82) is 0 Å². The average molecular weight is 540 g/mol. The summed E-state index contributed by atoms with van der Waals surface area (Å²) in [7, 11) is 1.86. The van der Waals surface area contributed by atoms with Crippen LogP contribution in [0.1, 0.15) is 79.8 Å². The summed E-state index contributed by atoms with van der Waals surface area (Å²) in [6, 6.07) is 1.69. The van der Waals surface area contributed by atoms with Gasteiger partial charge in [0.05, 0.1) is 18.1 Å². The molecule has 1 aliphatic rings. The summed E-state index contributed by atoms with van der Waals surface area (Å²) >= 11 is 0. The molecule has 3 aromatic heterocycles. The Morgan fingerprint density at radius 3 is 2.33 bits per heavy atom. The van der Waals surface area contributed by atoms with Gasteiger partial charge in [0.25, 0.3) is 0 Å². The highest BCUT2D eigenvalue weighted by Gasteiger charge is 2.33. The lowest BCUT2D eigenvalue weighted by atomic mass is 9.94. The van der Waals surface area contributed by atoms with Crippen molar-refractivity contribution in [3.63, 3.8) is 0 Å². The molecule has 1 fully saturated rings. The van der Waals surface area contributed by atoms with Crippen LogP contribution in [0, 0.1) is 0 Å². The summed E-state index contributed by atoms with van der Waals surface area (Å²) in [6.07, 6.45) is 6.30. The van der Waals surface area contributed by atoms with Crippen molar-refractivity contribution in [2.75, 3.05) is 18.0 Å². The lowest BCUT2D eigenvalue weighted by Crippen LogP contribution is -2.43. The maximum atomic E-state index is 13.4. The van der Waals surface area contributed by atoms with Crippen LogP contribution in [0.5, 0.6) is 0 Å². The van der Waals surface area contributed by atoms with Crippen LogP contribution in [0.15, 0.2) is 24.7 Å². The second-order valence-corrected chi connectivity index (χ2v) is 12.4. The normalized spacial score (nSPS) is 16.6. The molecule has 0 radical (unpaired) electrons. The van der Waals surface area contributed by atoms with Crippen LogP contribution >= 0.6 is 0 Å². The zero-order chi connectivity index (χ0) is 28.7. The van der Waals surface area contributed by atoms with E-state index in [1.807, 2.05) is 74.7 Å². The summed E-state index contributed by atoms with van der Waals surface area (Å²) in [6.45, 7) is 16.1. The number of hydrogen-bond acceptors (Lipinski definition) is 7. The highest BCUT2D eigenvalue weighted by molar-refractivity contribution is 5.89. The molecular formula is C28H41N7O4. The third-order valence-electron chi connectivity index (χ3n) is 6.33. The molecule has 0 bridgehead atoms. The van der Waals surface area contributed by atoms with Crippen LogP contribution < -0.4 is 4.90 Å². The Bertz CT molecular complexity index is 1350. The number of hydrogen-bond donors (Lipinski definition) is 0. The third-order valence-corrected chi connectivity index (χ3v) is 6.33. The smallest absolute Gasteiger partial charge is 0.416 e. The number of rotatable bonds is 4. The third kappa shape index (κ3) is 6.51. The van der Waals surface area contributed by atoms with Crippen molar-refractivity contribution >= 4 is 23.7 Å². The first-order valence-electron chi connectivity index (χ1n) is 13.5. The van der Waals surface area contributed by atoms with Gasteiger partial charge in [-0.2, -0.15) is 14.7 Å². The standard InChI is InChI=1S/C28H41N7O4/c1-18(2)34(26(37)39-28(6,7)8)23-13-22(19-11-10-12-33(17-19)25(36)38-27(3,4)5)31-24-21(15-30-35(23)24)20-14-29-32(9)16-20/h13-16,18-19H,10-12,17H2,1-9H3. The molecule has 0 saturated carbocycles. The monoisotopic (exact) mass is 539 g/mol. The number of carbonyl (C=O) groups is 2. The minimum absolute atomic E-state index is 0.0423. The molecule has 11 nitrogen and oxygen atoms in total. The molecule has 212 valence electrons. The van der Waals surface area contributed by atoms with Crippen molar-refractivity contribution in [2.45, 2.75) is 91.4 Å². The summed E-state index contributed by atoms with van der Waals surface area (Å²) in [5.74, 6) is 0.517. The van der Waals surface area contributed by atoms with Gasteiger partial charge in [0.1, 0.15) is 17.0 Å². The van der Waals surface area contributed by atoms with E-state index in [9.17, 15) is 9.59 Å². The number of amides is 2. The molecule has 4 heterocycles. The highest BCUT2D eigenvalue weighted by Crippen LogP contribution is 2.33. The van der Waals surface area contributed by atoms with Crippen molar-refractivity contribution < 1.29 is 19.1 Å². The molecule has 1 atom stereocenters. The lowest BCUT2D eigenvalue weighted by molar-refractivity contribution is 0.0197. The number of carbonyl (C=O) groups excluding carboxylic acids is 2. The van der Waals surface area contributed by atoms with Gasteiger partial charge in [0.15, 0.2) is 5.65 Å². The Balaban J connectivity index is 1.82. The quantitative estimate of drug-likeness (QED) is 0.437. The molecule has 3 aromatic rings. The van der Waals surface area contributed by atoms with Crippen molar-refractivity contribution in [3.8, 4) is 11.1 Å². The highest BCUT2D eigenvalue weighted by atomic mass is 16.6. The van der Waals surface area contributed by atoms with Crippen LogP contribution in [0.3, 0.4) is 0 Å². The molecule has 0 N–H and O–H groups in total. The number of likely N-dealkylation sites (tertiary alicyclic amines) is 1. The van der Waals surface area contributed by atoms with Gasteiger partial charge in [-0.25, -0.2) is 14.6 Å². The Labute approximate surface area is 230 Å². The van der Waals surface area contributed by atoms with Gasteiger partial charge in [0.2, 0.25) is 0 Å². The van der Waals surface area contributed by atoms with E-state index in [-0.39, 0.29) is 18.1 Å². The molecule has 2 amide bonds. The van der Waals surface area contributed by atoms with Gasteiger partial charge in [-0.15, -0.1) is 0 Å². The number of nitrogens with zero attached hydrogens (tertiary/aromatic N) is 7. The molecule has 1 unspecified atom stereocenters. The topological polar surface area (TPSA) is 107 Å². The van der Waals surface area contributed by atoms with Crippen molar-refractivity contribution in [3.05, 3.63) is 30.4 Å². The molecule has 39 heavy (non-hydrogen) atoms. The summed E-state index contributed by atoms with van der Waals surface area (Å²) in [4.78, 5) is 34.7. The number of piperidine rings is 1. The van der Waals surface area contributed by atoms with Gasteiger partial charge in [0, 0.05) is 55.5 Å². The van der Waals surface area contributed by atoms with Crippen molar-refractivity contribution in [1.82, 2.24) is 29.3 Å². The zero-order valence-electron chi connectivity index (χ0n) is 24.6.